The van der Waals surface area contributed by atoms with Gasteiger partial charge in [0.15, 0.2) is 0 Å². The molecular formula is C22H22F3N3O. The third-order valence-electron chi connectivity index (χ3n) is 6.04. The van der Waals surface area contributed by atoms with Crippen LogP contribution in [0.1, 0.15) is 35.7 Å². The molecule has 1 fully saturated rings. The van der Waals surface area contributed by atoms with Crippen LogP contribution >= 0.6 is 0 Å². The number of para-hydroxylation sites is 1. The van der Waals surface area contributed by atoms with E-state index in [9.17, 15) is 13.2 Å². The van der Waals surface area contributed by atoms with Gasteiger partial charge in [0.05, 0.1) is 24.2 Å². The summed E-state index contributed by atoms with van der Waals surface area (Å²) in [6.45, 7) is 4.08. The largest absolute Gasteiger partial charge is 0.489 e. The van der Waals surface area contributed by atoms with Gasteiger partial charge in [0.1, 0.15) is 23.7 Å². The van der Waals surface area contributed by atoms with E-state index in [0.717, 1.165) is 67.2 Å². The smallest absolute Gasteiger partial charge is 0.416 e. The zero-order chi connectivity index (χ0) is 20.0. The highest BCUT2D eigenvalue weighted by atomic mass is 19.4. The Morgan fingerprint density at radius 2 is 1.76 bits per heavy atom. The Bertz CT molecular complexity index is 1020. The fourth-order valence-corrected chi connectivity index (χ4v) is 4.49. The number of nitrogens with zero attached hydrogens (tertiary/aromatic N) is 3. The van der Waals surface area contributed by atoms with Crippen LogP contribution < -0.4 is 4.74 Å². The molecule has 0 aliphatic carbocycles. The van der Waals surface area contributed by atoms with Crippen molar-refractivity contribution < 1.29 is 17.9 Å². The summed E-state index contributed by atoms with van der Waals surface area (Å²) >= 11 is 0. The number of imidazole rings is 1. The average Bonchev–Trinajstić information content (AvgIpc) is 3.08. The third kappa shape index (κ3) is 3.48. The molecule has 0 unspecified atom stereocenters. The molecule has 3 heterocycles. The fourth-order valence-electron chi connectivity index (χ4n) is 4.49. The number of halogens is 3. The Hall–Kier alpha value is -2.54. The van der Waals surface area contributed by atoms with Crippen LogP contribution in [0.3, 0.4) is 0 Å². The molecule has 0 amide bonds. The molecule has 0 spiro atoms. The lowest BCUT2D eigenvalue weighted by Crippen LogP contribution is -2.33. The van der Waals surface area contributed by atoms with Gasteiger partial charge in [-0.2, -0.15) is 13.2 Å². The van der Waals surface area contributed by atoms with E-state index < -0.39 is 11.7 Å². The van der Waals surface area contributed by atoms with Crippen LogP contribution in [0.15, 0.2) is 42.5 Å². The number of ether oxygens (including phenoxy) is 1. The van der Waals surface area contributed by atoms with Gasteiger partial charge in [0, 0.05) is 0 Å². The molecule has 1 aromatic heterocycles. The van der Waals surface area contributed by atoms with E-state index in [1.807, 2.05) is 18.2 Å². The second kappa shape index (κ2) is 7.06. The van der Waals surface area contributed by atoms with Gasteiger partial charge in [-0.25, -0.2) is 4.98 Å². The monoisotopic (exact) mass is 401 g/mol. The summed E-state index contributed by atoms with van der Waals surface area (Å²) in [5, 5.41) is 0. The van der Waals surface area contributed by atoms with E-state index in [1.54, 1.807) is 12.1 Å². The number of aromatic nitrogens is 2. The molecule has 2 aromatic carbocycles. The van der Waals surface area contributed by atoms with Crippen LogP contribution in [0.25, 0.3) is 11.0 Å². The molecule has 3 aromatic rings. The van der Waals surface area contributed by atoms with Crippen LogP contribution in [-0.2, 0) is 19.3 Å². The summed E-state index contributed by atoms with van der Waals surface area (Å²) in [6, 6.07) is 11.6. The van der Waals surface area contributed by atoms with E-state index in [-0.39, 0.29) is 0 Å². The molecule has 0 bridgehead atoms. The number of benzene rings is 2. The van der Waals surface area contributed by atoms with Gasteiger partial charge in [0.2, 0.25) is 0 Å². The summed E-state index contributed by atoms with van der Waals surface area (Å²) < 4.78 is 46.3. The summed E-state index contributed by atoms with van der Waals surface area (Å²) in [5.41, 5.74) is 2.47. The Morgan fingerprint density at radius 1 is 1.00 bits per heavy atom. The molecule has 2 aliphatic rings. The Kier molecular flexibility index (Phi) is 4.50. The van der Waals surface area contributed by atoms with Gasteiger partial charge in [-0.05, 0) is 61.7 Å². The normalized spacial score (nSPS) is 18.2. The molecule has 0 saturated carbocycles. The first-order valence-corrected chi connectivity index (χ1v) is 9.99. The van der Waals surface area contributed by atoms with E-state index >= 15 is 0 Å². The molecule has 7 heteroatoms. The average molecular weight is 401 g/mol. The maximum absolute atomic E-state index is 12.8. The minimum absolute atomic E-state index is 0.311. The number of hydrogen-bond donors (Lipinski definition) is 0. The highest BCUT2D eigenvalue weighted by Gasteiger charge is 2.30. The number of rotatable bonds is 3. The van der Waals surface area contributed by atoms with Crippen LogP contribution in [-0.4, -0.2) is 34.1 Å². The van der Waals surface area contributed by atoms with Crippen LogP contribution in [0, 0.1) is 0 Å². The zero-order valence-electron chi connectivity index (χ0n) is 16.0. The summed E-state index contributed by atoms with van der Waals surface area (Å²) in [7, 11) is 0. The van der Waals surface area contributed by atoms with Crippen molar-refractivity contribution in [2.75, 3.05) is 19.7 Å². The number of alkyl halides is 3. The van der Waals surface area contributed by atoms with Gasteiger partial charge in [-0.3, -0.25) is 4.90 Å². The van der Waals surface area contributed by atoms with Crippen LogP contribution in [0.2, 0.25) is 0 Å². The third-order valence-corrected chi connectivity index (χ3v) is 6.04. The van der Waals surface area contributed by atoms with Crippen molar-refractivity contribution in [1.29, 1.82) is 0 Å². The fraction of sp³-hybridized carbons (Fsp3) is 0.409. The molecule has 0 N–H and O–H groups in total. The minimum atomic E-state index is -4.28. The number of likely N-dealkylation sites (tertiary alicyclic amines) is 1. The van der Waals surface area contributed by atoms with Crippen molar-refractivity contribution in [2.24, 2.45) is 0 Å². The van der Waals surface area contributed by atoms with Crippen molar-refractivity contribution in [3.05, 3.63) is 59.4 Å². The molecule has 0 atom stereocenters. The van der Waals surface area contributed by atoms with Gasteiger partial charge in [-0.15, -0.1) is 0 Å². The molecule has 4 nitrogen and oxygen atoms in total. The van der Waals surface area contributed by atoms with E-state index in [2.05, 4.69) is 9.47 Å². The Morgan fingerprint density at radius 3 is 2.48 bits per heavy atom. The maximum Gasteiger partial charge on any atom is 0.416 e. The van der Waals surface area contributed by atoms with Gasteiger partial charge < -0.3 is 9.30 Å². The van der Waals surface area contributed by atoms with Crippen molar-refractivity contribution in [3.8, 4) is 5.75 Å². The molecule has 29 heavy (non-hydrogen) atoms. The summed E-state index contributed by atoms with van der Waals surface area (Å²) in [5.74, 6) is 2.27. The quantitative estimate of drug-likeness (QED) is 0.630. The minimum Gasteiger partial charge on any atom is -0.489 e. The lowest BCUT2D eigenvalue weighted by molar-refractivity contribution is -0.137. The SMILES string of the molecule is FC(F)(F)c1ccc(C2CCN(Cc3nc4cccc5c4n3CCO5)CC2)cc1. The van der Waals surface area contributed by atoms with Crippen LogP contribution in [0.4, 0.5) is 13.2 Å². The van der Waals surface area contributed by atoms with Crippen molar-refractivity contribution in [2.45, 2.75) is 38.0 Å². The van der Waals surface area contributed by atoms with Gasteiger partial charge in [-0.1, -0.05) is 18.2 Å². The molecule has 5 rings (SSSR count). The molecule has 0 radical (unpaired) electrons. The lowest BCUT2D eigenvalue weighted by atomic mass is 9.89. The van der Waals surface area contributed by atoms with E-state index in [1.165, 1.54) is 12.1 Å². The molecule has 2 aliphatic heterocycles. The lowest BCUT2D eigenvalue weighted by Gasteiger charge is -2.32. The van der Waals surface area contributed by atoms with Crippen molar-refractivity contribution >= 4 is 11.0 Å². The highest BCUT2D eigenvalue weighted by molar-refractivity contribution is 5.83. The van der Waals surface area contributed by atoms with Crippen LogP contribution in [0.5, 0.6) is 5.75 Å². The Labute approximate surface area is 166 Å². The van der Waals surface area contributed by atoms with E-state index in [4.69, 9.17) is 9.72 Å². The van der Waals surface area contributed by atoms with Crippen molar-refractivity contribution in [3.63, 3.8) is 0 Å². The molecule has 152 valence electrons. The summed E-state index contributed by atoms with van der Waals surface area (Å²) in [6.07, 6.45) is -2.39. The first kappa shape index (κ1) is 18.5. The summed E-state index contributed by atoms with van der Waals surface area (Å²) in [4.78, 5) is 7.21. The first-order valence-electron chi connectivity index (χ1n) is 9.99. The Balaban J connectivity index is 1.26. The zero-order valence-corrected chi connectivity index (χ0v) is 16.0. The molecule has 1 saturated heterocycles. The topological polar surface area (TPSA) is 30.3 Å². The molecular weight excluding hydrogens is 379 g/mol. The predicted octanol–water partition coefficient (Wildman–Crippen LogP) is 4.83. The van der Waals surface area contributed by atoms with Crippen molar-refractivity contribution in [1.82, 2.24) is 14.5 Å². The maximum atomic E-state index is 12.8. The van der Waals surface area contributed by atoms with Gasteiger partial charge >= 0.3 is 6.18 Å². The predicted molar refractivity (Wildman–Crippen MR) is 104 cm³/mol. The second-order valence-electron chi connectivity index (χ2n) is 7.82. The first-order chi connectivity index (χ1) is 14.0. The standard InChI is InChI=1S/C22H22F3N3O/c23-22(24,25)17-6-4-15(5-7-17)16-8-10-27(11-9-16)14-20-26-18-2-1-3-19-21(18)28(20)12-13-29-19/h1-7,16H,8-14H2. The van der Waals surface area contributed by atoms with E-state index in [0.29, 0.717) is 12.5 Å². The number of hydrogen-bond acceptors (Lipinski definition) is 3. The van der Waals surface area contributed by atoms with Gasteiger partial charge in [0.25, 0.3) is 0 Å². The second-order valence-corrected chi connectivity index (χ2v) is 7.82. The highest BCUT2D eigenvalue weighted by Crippen LogP contribution is 2.34. The number of piperidine rings is 1.